The van der Waals surface area contributed by atoms with Crippen LogP contribution < -0.4 is 5.32 Å². The van der Waals surface area contributed by atoms with E-state index in [1.54, 1.807) is 0 Å². The van der Waals surface area contributed by atoms with Gasteiger partial charge in [0, 0.05) is 31.0 Å². The van der Waals surface area contributed by atoms with Crippen LogP contribution in [0.2, 0.25) is 0 Å². The smallest absolute Gasteiger partial charge is 0.331 e. The minimum Gasteiger partial charge on any atom is -0.504 e. The third kappa shape index (κ3) is 7.10. The molecule has 2 fully saturated rings. The molecule has 12 heteroatoms. The maximum absolute atomic E-state index is 12.7. The lowest BCUT2D eigenvalue weighted by Crippen LogP contribution is -2.60. The highest BCUT2D eigenvalue weighted by Crippen LogP contribution is 2.34. The van der Waals surface area contributed by atoms with Gasteiger partial charge >= 0.3 is 11.9 Å². The zero-order chi connectivity index (χ0) is 29.0. The van der Waals surface area contributed by atoms with Crippen LogP contribution >= 0.6 is 0 Å². The van der Waals surface area contributed by atoms with Crippen molar-refractivity contribution in [1.82, 2.24) is 5.32 Å². The minimum atomic E-state index is -2.10. The number of benzene rings is 2. The van der Waals surface area contributed by atoms with Crippen molar-refractivity contribution in [3.63, 3.8) is 0 Å². The molecule has 2 aromatic rings. The predicted octanol–water partition coefficient (Wildman–Crippen LogP) is 1.22. The van der Waals surface area contributed by atoms with Gasteiger partial charge in [0.15, 0.2) is 29.1 Å². The molecule has 7 N–H and O–H groups in total. The van der Waals surface area contributed by atoms with Crippen molar-refractivity contribution in [3.8, 4) is 23.0 Å². The number of carbonyl (C=O) groups is 3. The fourth-order valence-electron chi connectivity index (χ4n) is 4.22. The Kier molecular flexibility index (Phi) is 8.31. The molecule has 212 valence electrons. The van der Waals surface area contributed by atoms with Crippen molar-refractivity contribution >= 4 is 30.0 Å². The van der Waals surface area contributed by atoms with E-state index in [1.807, 2.05) is 0 Å². The van der Waals surface area contributed by atoms with Gasteiger partial charge in [-0.3, -0.25) is 4.79 Å². The maximum atomic E-state index is 12.7. The second-order valence-electron chi connectivity index (χ2n) is 9.79. The van der Waals surface area contributed by atoms with E-state index in [-0.39, 0.29) is 17.5 Å². The van der Waals surface area contributed by atoms with E-state index in [9.17, 15) is 45.0 Å². The summed E-state index contributed by atoms with van der Waals surface area (Å²) < 4.78 is 10.8. The molecule has 2 aliphatic rings. The lowest BCUT2D eigenvalue weighted by molar-refractivity contribution is -0.198. The van der Waals surface area contributed by atoms with Gasteiger partial charge in [-0.25, -0.2) is 9.59 Å². The molecule has 0 spiro atoms. The van der Waals surface area contributed by atoms with Gasteiger partial charge in [-0.1, -0.05) is 12.1 Å². The Morgan fingerprint density at radius 3 is 1.82 bits per heavy atom. The maximum Gasteiger partial charge on any atom is 0.331 e. The summed E-state index contributed by atoms with van der Waals surface area (Å²) >= 11 is 0. The summed E-state index contributed by atoms with van der Waals surface area (Å²) in [6.45, 7) is 0. The van der Waals surface area contributed by atoms with Gasteiger partial charge in [-0.2, -0.15) is 0 Å². The number of aliphatic hydroxyl groups is 2. The largest absolute Gasteiger partial charge is 0.504 e. The molecule has 0 saturated heterocycles. The van der Waals surface area contributed by atoms with Crippen LogP contribution in [0, 0.1) is 0 Å². The predicted molar refractivity (Wildman–Crippen MR) is 139 cm³/mol. The second-order valence-corrected chi connectivity index (χ2v) is 9.79. The number of hydrogen-bond donors (Lipinski definition) is 7. The molecule has 40 heavy (non-hydrogen) atoms. The molecule has 12 nitrogen and oxygen atoms in total. The first-order chi connectivity index (χ1) is 18.9. The van der Waals surface area contributed by atoms with Gasteiger partial charge in [-0.05, 0) is 60.4 Å². The number of rotatable bonds is 8. The van der Waals surface area contributed by atoms with Crippen LogP contribution in [-0.4, -0.2) is 78.4 Å². The standard InChI is InChI=1S/C28H29NO11/c30-18-7-1-15(11-20(18)32)3-9-24(35)39-23-14-28(38,27(37)29-17-5-6-17)13-22(34)26(23)40-25(36)10-4-16-2-8-19(31)21(33)12-16/h1-4,7-12,17,22-23,26,30-34,38H,5-6,13-14H2,(H,29,37)/b9-3+,10-4+/t22-,23-,26+,28-/m1/s1. The van der Waals surface area contributed by atoms with Crippen LogP contribution in [-0.2, 0) is 23.9 Å². The Morgan fingerprint density at radius 2 is 1.32 bits per heavy atom. The Hall–Kier alpha value is -4.55. The number of phenols is 4. The number of carbonyl (C=O) groups excluding carboxylic acids is 3. The third-order valence-corrected chi connectivity index (χ3v) is 6.51. The summed E-state index contributed by atoms with van der Waals surface area (Å²) in [5, 5.41) is 62.6. The van der Waals surface area contributed by atoms with Gasteiger partial charge < -0.3 is 45.4 Å². The van der Waals surface area contributed by atoms with Crippen molar-refractivity contribution in [3.05, 3.63) is 59.7 Å². The van der Waals surface area contributed by atoms with Crippen LogP contribution in [0.25, 0.3) is 12.2 Å². The molecule has 4 rings (SSSR count). The molecule has 2 saturated carbocycles. The van der Waals surface area contributed by atoms with E-state index in [0.717, 1.165) is 25.0 Å². The number of aliphatic hydroxyl groups excluding tert-OH is 1. The van der Waals surface area contributed by atoms with Crippen molar-refractivity contribution in [1.29, 1.82) is 0 Å². The number of phenolic OH excluding ortho intramolecular Hbond substituents is 4. The molecule has 0 aliphatic heterocycles. The number of esters is 2. The minimum absolute atomic E-state index is 0.0839. The Bertz CT molecular complexity index is 1350. The molecule has 2 aromatic carbocycles. The molecular formula is C28H29NO11. The Balaban J connectivity index is 1.50. The normalized spacial score (nSPS) is 24.6. The summed E-state index contributed by atoms with van der Waals surface area (Å²) in [4.78, 5) is 37.9. The van der Waals surface area contributed by atoms with Crippen molar-refractivity contribution in [2.24, 2.45) is 0 Å². The van der Waals surface area contributed by atoms with Crippen LogP contribution in [0.4, 0.5) is 0 Å². The zero-order valence-corrected chi connectivity index (χ0v) is 21.1. The van der Waals surface area contributed by atoms with Crippen molar-refractivity contribution < 1.29 is 54.5 Å². The highest BCUT2D eigenvalue weighted by atomic mass is 16.6. The molecular weight excluding hydrogens is 526 g/mol. The average Bonchev–Trinajstić information content (AvgIpc) is 3.71. The van der Waals surface area contributed by atoms with Crippen LogP contribution in [0.5, 0.6) is 23.0 Å². The average molecular weight is 556 g/mol. The van der Waals surface area contributed by atoms with Gasteiger partial charge in [0.25, 0.3) is 5.91 Å². The Morgan fingerprint density at radius 1 is 0.800 bits per heavy atom. The molecule has 0 radical (unpaired) electrons. The first-order valence-corrected chi connectivity index (χ1v) is 12.5. The lowest BCUT2D eigenvalue weighted by Gasteiger charge is -2.41. The van der Waals surface area contributed by atoms with Crippen LogP contribution in [0.1, 0.15) is 36.8 Å². The van der Waals surface area contributed by atoms with E-state index in [2.05, 4.69) is 5.32 Å². The first-order valence-electron chi connectivity index (χ1n) is 12.5. The molecule has 0 unspecified atom stereocenters. The summed E-state index contributed by atoms with van der Waals surface area (Å²) in [6.07, 6.45) is 0.698. The fraction of sp³-hybridized carbons (Fsp3) is 0.321. The first kappa shape index (κ1) is 28.5. The van der Waals surface area contributed by atoms with E-state index in [0.29, 0.717) is 11.1 Å². The third-order valence-electron chi connectivity index (χ3n) is 6.51. The zero-order valence-electron chi connectivity index (χ0n) is 21.1. The Labute approximate surface area is 228 Å². The summed E-state index contributed by atoms with van der Waals surface area (Å²) in [5.74, 6) is -4.12. The molecule has 4 atom stereocenters. The monoisotopic (exact) mass is 555 g/mol. The summed E-state index contributed by atoms with van der Waals surface area (Å²) in [5.41, 5.74) is -1.39. The van der Waals surface area contributed by atoms with Gasteiger partial charge in [0.1, 0.15) is 11.7 Å². The molecule has 0 bridgehead atoms. The van der Waals surface area contributed by atoms with Crippen molar-refractivity contribution in [2.45, 2.75) is 55.6 Å². The number of nitrogens with one attached hydrogen (secondary N) is 1. The summed E-state index contributed by atoms with van der Waals surface area (Å²) in [6, 6.07) is 7.62. The summed E-state index contributed by atoms with van der Waals surface area (Å²) in [7, 11) is 0. The highest BCUT2D eigenvalue weighted by molar-refractivity contribution is 5.89. The van der Waals surface area contributed by atoms with E-state index in [1.165, 1.54) is 48.6 Å². The van der Waals surface area contributed by atoms with E-state index >= 15 is 0 Å². The molecule has 0 heterocycles. The topological polar surface area (TPSA) is 203 Å². The number of hydrogen-bond acceptors (Lipinski definition) is 11. The van der Waals surface area contributed by atoms with Crippen LogP contribution in [0.15, 0.2) is 48.6 Å². The number of ether oxygens (including phenoxy) is 2. The molecule has 2 aliphatic carbocycles. The number of aromatic hydroxyl groups is 4. The van der Waals surface area contributed by atoms with E-state index in [4.69, 9.17) is 9.47 Å². The SMILES string of the molecule is O=C(/C=C/c1ccc(O)c(O)c1)O[C@H]1[C@H](O)C[C@](O)(C(=O)NC2CC2)C[C@H]1OC(=O)/C=C/c1ccc(O)c(O)c1. The van der Waals surface area contributed by atoms with Gasteiger partial charge in [-0.15, -0.1) is 0 Å². The highest BCUT2D eigenvalue weighted by Gasteiger charge is 2.52. The van der Waals surface area contributed by atoms with Crippen LogP contribution in [0.3, 0.4) is 0 Å². The second kappa shape index (κ2) is 11.7. The van der Waals surface area contributed by atoms with E-state index < -0.39 is 66.1 Å². The van der Waals surface area contributed by atoms with Gasteiger partial charge in [0.2, 0.25) is 0 Å². The number of amides is 1. The quantitative estimate of drug-likeness (QED) is 0.140. The molecule has 0 aromatic heterocycles. The fourth-order valence-corrected chi connectivity index (χ4v) is 4.22. The van der Waals surface area contributed by atoms with Gasteiger partial charge in [0.05, 0.1) is 6.10 Å². The lowest BCUT2D eigenvalue weighted by atomic mass is 9.78. The van der Waals surface area contributed by atoms with Crippen molar-refractivity contribution in [2.75, 3.05) is 0 Å². The molecule has 1 amide bonds.